The van der Waals surface area contributed by atoms with Gasteiger partial charge in [0, 0.05) is 18.0 Å². The Bertz CT molecular complexity index is 2890. The normalized spacial score (nSPS) is 11.6. The van der Waals surface area contributed by atoms with E-state index < -0.39 is 0 Å². The van der Waals surface area contributed by atoms with Crippen molar-refractivity contribution in [2.24, 2.45) is 0 Å². The van der Waals surface area contributed by atoms with Crippen LogP contribution < -0.4 is 0 Å². The molecule has 1 aromatic heterocycles. The van der Waals surface area contributed by atoms with Gasteiger partial charge in [-0.1, -0.05) is 152 Å². The van der Waals surface area contributed by atoms with E-state index >= 15 is 0 Å². The highest BCUT2D eigenvalue weighted by atomic mass is 14.9. The summed E-state index contributed by atoms with van der Waals surface area (Å²) in [5, 5.41) is 12.3. The standard InChI is InChI=1S/C48H30N2/c1-2-11-31(12-3-1)35-24-26-42-45(29-35)47(48-49-27-10-28-50-48)41-18-9-8-17-40(41)46(42)34-21-19-33(20-22-34)43-30-44-36-14-5-4-13-32(36)23-25-39(44)37-15-6-7-16-38(37)43/h1-30H. The minimum atomic E-state index is 0.733. The second-order valence-electron chi connectivity index (χ2n) is 12.9. The summed E-state index contributed by atoms with van der Waals surface area (Å²) in [6.45, 7) is 0. The molecule has 0 aliphatic heterocycles. The molecule has 10 rings (SSSR count). The smallest absolute Gasteiger partial charge is 0.160 e. The highest BCUT2D eigenvalue weighted by Gasteiger charge is 2.19. The lowest BCUT2D eigenvalue weighted by molar-refractivity contribution is 1.18. The minimum Gasteiger partial charge on any atom is -0.237 e. The molecule has 9 aromatic carbocycles. The van der Waals surface area contributed by atoms with Crippen LogP contribution in [0.5, 0.6) is 0 Å². The highest BCUT2D eigenvalue weighted by molar-refractivity contribution is 6.22. The lowest BCUT2D eigenvalue weighted by Gasteiger charge is -2.18. The van der Waals surface area contributed by atoms with E-state index in [0.717, 1.165) is 22.2 Å². The molecule has 10 aromatic rings. The maximum Gasteiger partial charge on any atom is 0.160 e. The molecule has 0 bridgehead atoms. The molecule has 0 aliphatic rings. The zero-order valence-electron chi connectivity index (χ0n) is 27.2. The topological polar surface area (TPSA) is 25.8 Å². The van der Waals surface area contributed by atoms with E-state index in [4.69, 9.17) is 9.97 Å². The third-order valence-corrected chi connectivity index (χ3v) is 10.2. The average molecular weight is 635 g/mol. The summed E-state index contributed by atoms with van der Waals surface area (Å²) in [6.07, 6.45) is 3.66. The highest BCUT2D eigenvalue weighted by Crippen LogP contribution is 2.45. The SMILES string of the molecule is c1ccc(-c2ccc3c(-c4ccc(-c5cc6c7ccccc7ccc6c6ccccc56)cc4)c4ccccc4c(-c4ncccn4)c3c2)cc1. The summed E-state index contributed by atoms with van der Waals surface area (Å²) in [6, 6.07) is 61.5. The van der Waals surface area contributed by atoms with Crippen LogP contribution in [0.3, 0.4) is 0 Å². The van der Waals surface area contributed by atoms with Crippen LogP contribution >= 0.6 is 0 Å². The third kappa shape index (κ3) is 4.50. The summed E-state index contributed by atoms with van der Waals surface area (Å²) in [4.78, 5) is 9.51. The van der Waals surface area contributed by atoms with Crippen molar-refractivity contribution in [3.8, 4) is 44.8 Å². The van der Waals surface area contributed by atoms with Crippen molar-refractivity contribution >= 4 is 53.9 Å². The Kier molecular flexibility index (Phi) is 6.53. The molecule has 2 nitrogen and oxygen atoms in total. The molecule has 0 unspecified atom stereocenters. The second-order valence-corrected chi connectivity index (χ2v) is 12.9. The van der Waals surface area contributed by atoms with Gasteiger partial charge in [0.1, 0.15) is 0 Å². The van der Waals surface area contributed by atoms with E-state index in [1.807, 2.05) is 18.5 Å². The van der Waals surface area contributed by atoms with Crippen molar-refractivity contribution < 1.29 is 0 Å². The summed E-state index contributed by atoms with van der Waals surface area (Å²) in [5.41, 5.74) is 8.26. The van der Waals surface area contributed by atoms with E-state index in [0.29, 0.717) is 0 Å². The molecule has 0 spiro atoms. The molecule has 2 heteroatoms. The van der Waals surface area contributed by atoms with Crippen LogP contribution in [0.1, 0.15) is 0 Å². The van der Waals surface area contributed by atoms with Gasteiger partial charge in [0.05, 0.1) is 0 Å². The first-order valence-electron chi connectivity index (χ1n) is 17.1. The Morgan fingerprint density at radius 3 is 1.62 bits per heavy atom. The van der Waals surface area contributed by atoms with Gasteiger partial charge in [-0.25, -0.2) is 9.97 Å². The van der Waals surface area contributed by atoms with Gasteiger partial charge in [-0.05, 0) is 105 Å². The molecule has 0 aliphatic carbocycles. The Balaban J connectivity index is 1.21. The van der Waals surface area contributed by atoms with E-state index in [1.54, 1.807) is 0 Å². The molecular weight excluding hydrogens is 605 g/mol. The molecule has 0 N–H and O–H groups in total. The lowest BCUT2D eigenvalue weighted by atomic mass is 9.86. The molecule has 0 saturated heterocycles. The van der Waals surface area contributed by atoms with Crippen LogP contribution in [0.25, 0.3) is 98.6 Å². The molecule has 0 fully saturated rings. The van der Waals surface area contributed by atoms with Crippen molar-refractivity contribution in [1.82, 2.24) is 9.97 Å². The molecule has 50 heavy (non-hydrogen) atoms. The van der Waals surface area contributed by atoms with E-state index in [9.17, 15) is 0 Å². The van der Waals surface area contributed by atoms with Gasteiger partial charge in [-0.2, -0.15) is 0 Å². The predicted octanol–water partition coefficient (Wildman–Crippen LogP) is 12.9. The van der Waals surface area contributed by atoms with Gasteiger partial charge in [-0.3, -0.25) is 0 Å². The summed E-state index contributed by atoms with van der Waals surface area (Å²) < 4.78 is 0. The van der Waals surface area contributed by atoms with E-state index in [-0.39, 0.29) is 0 Å². The lowest BCUT2D eigenvalue weighted by Crippen LogP contribution is -1.94. The summed E-state index contributed by atoms with van der Waals surface area (Å²) in [7, 11) is 0. The van der Waals surface area contributed by atoms with Crippen LogP contribution in [0.15, 0.2) is 182 Å². The van der Waals surface area contributed by atoms with Gasteiger partial charge in [0.25, 0.3) is 0 Å². The second kappa shape index (κ2) is 11.5. The van der Waals surface area contributed by atoms with Crippen molar-refractivity contribution in [3.63, 3.8) is 0 Å². The number of benzene rings is 9. The summed E-state index contributed by atoms with van der Waals surface area (Å²) >= 11 is 0. The Hall–Kier alpha value is -6.64. The fourth-order valence-electron chi connectivity index (χ4n) is 7.88. The van der Waals surface area contributed by atoms with Crippen LogP contribution in [-0.2, 0) is 0 Å². The van der Waals surface area contributed by atoms with Crippen molar-refractivity contribution in [2.45, 2.75) is 0 Å². The molecule has 232 valence electrons. The van der Waals surface area contributed by atoms with Crippen molar-refractivity contribution in [3.05, 3.63) is 182 Å². The molecule has 1 heterocycles. The molecule has 0 radical (unpaired) electrons. The summed E-state index contributed by atoms with van der Waals surface area (Å²) in [5.74, 6) is 0.733. The third-order valence-electron chi connectivity index (χ3n) is 10.2. The zero-order valence-corrected chi connectivity index (χ0v) is 27.2. The van der Waals surface area contributed by atoms with E-state index in [2.05, 4.69) is 164 Å². The number of hydrogen-bond acceptors (Lipinski definition) is 2. The number of hydrogen-bond donors (Lipinski definition) is 0. The van der Waals surface area contributed by atoms with Crippen molar-refractivity contribution in [2.75, 3.05) is 0 Å². The van der Waals surface area contributed by atoms with Gasteiger partial charge in [-0.15, -0.1) is 0 Å². The first-order valence-corrected chi connectivity index (χ1v) is 17.1. The monoisotopic (exact) mass is 634 g/mol. The minimum absolute atomic E-state index is 0.733. The first kappa shape index (κ1) is 28.4. The fraction of sp³-hybridized carbons (Fsp3) is 0. The van der Waals surface area contributed by atoms with Crippen LogP contribution in [0.2, 0.25) is 0 Å². The van der Waals surface area contributed by atoms with Crippen LogP contribution in [0.4, 0.5) is 0 Å². The van der Waals surface area contributed by atoms with Crippen LogP contribution in [0, 0.1) is 0 Å². The molecular formula is C48H30N2. The Labute approximate surface area is 290 Å². The largest absolute Gasteiger partial charge is 0.237 e. The molecule has 0 atom stereocenters. The number of rotatable bonds is 4. The number of aromatic nitrogens is 2. The fourth-order valence-corrected chi connectivity index (χ4v) is 7.88. The van der Waals surface area contributed by atoms with Gasteiger partial charge >= 0.3 is 0 Å². The maximum absolute atomic E-state index is 4.75. The van der Waals surface area contributed by atoms with Gasteiger partial charge in [0.15, 0.2) is 5.82 Å². The molecule has 0 amide bonds. The average Bonchev–Trinajstić information content (AvgIpc) is 3.20. The molecule has 0 saturated carbocycles. The number of nitrogens with zero attached hydrogens (tertiary/aromatic N) is 2. The zero-order chi connectivity index (χ0) is 33.0. The quantitative estimate of drug-likeness (QED) is 0.142. The predicted molar refractivity (Wildman–Crippen MR) is 211 cm³/mol. The van der Waals surface area contributed by atoms with Gasteiger partial charge in [0.2, 0.25) is 0 Å². The first-order chi connectivity index (χ1) is 24.8. The van der Waals surface area contributed by atoms with E-state index in [1.165, 1.54) is 76.5 Å². The Morgan fingerprint density at radius 1 is 0.280 bits per heavy atom. The Morgan fingerprint density at radius 2 is 0.840 bits per heavy atom. The van der Waals surface area contributed by atoms with Crippen molar-refractivity contribution in [1.29, 1.82) is 0 Å². The van der Waals surface area contributed by atoms with Gasteiger partial charge < -0.3 is 0 Å². The number of fused-ring (bicyclic) bond motifs is 7. The van der Waals surface area contributed by atoms with Crippen LogP contribution in [-0.4, -0.2) is 9.97 Å². The maximum atomic E-state index is 4.75.